The Morgan fingerprint density at radius 1 is 1.13 bits per heavy atom. The van der Waals surface area contributed by atoms with E-state index in [4.69, 9.17) is 9.47 Å². The van der Waals surface area contributed by atoms with Gasteiger partial charge in [0, 0.05) is 18.1 Å². The van der Waals surface area contributed by atoms with Crippen LogP contribution in [-0.2, 0) is 10.5 Å². The van der Waals surface area contributed by atoms with Gasteiger partial charge in [-0.1, -0.05) is 48.2 Å². The molecule has 0 fully saturated rings. The molecule has 1 amide bonds. The number of hydrogen-bond donors (Lipinski definition) is 2. The van der Waals surface area contributed by atoms with Crippen molar-refractivity contribution in [3.05, 3.63) is 75.6 Å². The number of aromatic amines is 1. The van der Waals surface area contributed by atoms with Crippen LogP contribution in [0.25, 0.3) is 0 Å². The highest BCUT2D eigenvalue weighted by atomic mass is 32.2. The first kappa shape index (κ1) is 21.0. The molecule has 0 radical (unpaired) electrons. The molecule has 1 atom stereocenters. The van der Waals surface area contributed by atoms with E-state index in [1.165, 1.54) is 11.8 Å². The quantitative estimate of drug-likeness (QED) is 0.430. The second-order valence-corrected chi connectivity index (χ2v) is 8.02. The Labute approximate surface area is 184 Å². The van der Waals surface area contributed by atoms with Crippen molar-refractivity contribution in [2.24, 2.45) is 0 Å². The van der Waals surface area contributed by atoms with Gasteiger partial charge in [0.05, 0.1) is 19.3 Å². The highest BCUT2D eigenvalue weighted by molar-refractivity contribution is 7.98. The van der Waals surface area contributed by atoms with Crippen molar-refractivity contribution >= 4 is 23.5 Å². The van der Waals surface area contributed by atoms with Gasteiger partial charge in [0.25, 0.3) is 5.56 Å². The predicted molar refractivity (Wildman–Crippen MR) is 120 cm³/mol. The molecule has 0 unspecified atom stereocenters. The van der Waals surface area contributed by atoms with Crippen LogP contribution in [0.1, 0.15) is 36.0 Å². The Morgan fingerprint density at radius 2 is 1.94 bits per heavy atom. The molecule has 160 valence electrons. The SMILES string of the molecule is CCOc1cc([C@H]2CC(=O)Nc3nc(SCc4ccccc4)[nH]c(=O)c32)ccc1OC. The lowest BCUT2D eigenvalue weighted by atomic mass is 9.86. The van der Waals surface area contributed by atoms with Crippen molar-refractivity contribution in [2.75, 3.05) is 19.0 Å². The van der Waals surface area contributed by atoms with Gasteiger partial charge in [0.15, 0.2) is 16.7 Å². The molecule has 7 nitrogen and oxygen atoms in total. The average Bonchev–Trinajstić information content (AvgIpc) is 2.78. The van der Waals surface area contributed by atoms with Crippen LogP contribution in [-0.4, -0.2) is 29.6 Å². The summed E-state index contributed by atoms with van der Waals surface area (Å²) in [5, 5.41) is 3.23. The van der Waals surface area contributed by atoms with Crippen molar-refractivity contribution in [3.63, 3.8) is 0 Å². The van der Waals surface area contributed by atoms with Crippen LogP contribution >= 0.6 is 11.8 Å². The molecule has 2 heterocycles. The van der Waals surface area contributed by atoms with E-state index in [0.29, 0.717) is 40.4 Å². The largest absolute Gasteiger partial charge is 0.493 e. The molecule has 0 saturated heterocycles. The van der Waals surface area contributed by atoms with Crippen molar-refractivity contribution in [1.82, 2.24) is 9.97 Å². The van der Waals surface area contributed by atoms with E-state index in [1.807, 2.05) is 49.4 Å². The predicted octanol–water partition coefficient (Wildman–Crippen LogP) is 3.94. The van der Waals surface area contributed by atoms with Gasteiger partial charge in [-0.2, -0.15) is 0 Å². The molecule has 31 heavy (non-hydrogen) atoms. The normalized spacial score (nSPS) is 15.2. The molecule has 2 N–H and O–H groups in total. The monoisotopic (exact) mass is 437 g/mol. The van der Waals surface area contributed by atoms with Crippen LogP contribution < -0.4 is 20.3 Å². The van der Waals surface area contributed by atoms with E-state index in [9.17, 15) is 9.59 Å². The Bertz CT molecular complexity index is 1150. The first-order valence-electron chi connectivity index (χ1n) is 10.0. The second-order valence-electron chi connectivity index (χ2n) is 7.06. The van der Waals surface area contributed by atoms with Gasteiger partial charge in [-0.3, -0.25) is 9.59 Å². The molecular formula is C23H23N3O4S. The minimum absolute atomic E-state index is 0.159. The molecule has 0 saturated carbocycles. The number of nitrogens with zero attached hydrogens (tertiary/aromatic N) is 1. The fraction of sp³-hybridized carbons (Fsp3) is 0.261. The van der Waals surface area contributed by atoms with E-state index < -0.39 is 5.92 Å². The highest BCUT2D eigenvalue weighted by Gasteiger charge is 2.31. The average molecular weight is 438 g/mol. The van der Waals surface area contributed by atoms with Crippen molar-refractivity contribution in [3.8, 4) is 11.5 Å². The van der Waals surface area contributed by atoms with Gasteiger partial charge < -0.3 is 19.8 Å². The van der Waals surface area contributed by atoms with Gasteiger partial charge in [0.1, 0.15) is 5.82 Å². The Hall–Kier alpha value is -3.26. The number of hydrogen-bond acceptors (Lipinski definition) is 6. The van der Waals surface area contributed by atoms with Gasteiger partial charge in [-0.05, 0) is 30.2 Å². The molecular weight excluding hydrogens is 414 g/mol. The molecule has 8 heteroatoms. The molecule has 3 aromatic rings. The third-order valence-corrected chi connectivity index (χ3v) is 5.98. The molecule has 2 aromatic carbocycles. The number of thioether (sulfide) groups is 1. The summed E-state index contributed by atoms with van der Waals surface area (Å²) in [6.45, 7) is 2.37. The molecule has 4 rings (SSSR count). The van der Waals surface area contributed by atoms with Gasteiger partial charge in [0.2, 0.25) is 5.91 Å². The lowest BCUT2D eigenvalue weighted by molar-refractivity contribution is -0.116. The first-order valence-corrected chi connectivity index (χ1v) is 11.0. The van der Waals surface area contributed by atoms with Crippen molar-refractivity contribution < 1.29 is 14.3 Å². The van der Waals surface area contributed by atoms with Crippen LogP contribution in [0.2, 0.25) is 0 Å². The summed E-state index contributed by atoms with van der Waals surface area (Å²) in [6.07, 6.45) is 0.159. The number of carbonyl (C=O) groups excluding carboxylic acids is 1. The summed E-state index contributed by atoms with van der Waals surface area (Å²) in [6, 6.07) is 15.4. The van der Waals surface area contributed by atoms with E-state index in [1.54, 1.807) is 13.2 Å². The van der Waals surface area contributed by atoms with E-state index >= 15 is 0 Å². The maximum Gasteiger partial charge on any atom is 0.257 e. The summed E-state index contributed by atoms with van der Waals surface area (Å²) < 4.78 is 11.0. The van der Waals surface area contributed by atoms with E-state index in [2.05, 4.69) is 15.3 Å². The third kappa shape index (κ3) is 4.59. The number of aromatic nitrogens is 2. The smallest absolute Gasteiger partial charge is 0.257 e. The highest BCUT2D eigenvalue weighted by Crippen LogP contribution is 2.38. The molecule has 0 bridgehead atoms. The fourth-order valence-electron chi connectivity index (χ4n) is 3.61. The molecule has 1 aromatic heterocycles. The zero-order chi connectivity index (χ0) is 21.8. The number of rotatable bonds is 7. The summed E-state index contributed by atoms with van der Waals surface area (Å²) in [5.74, 6) is 1.56. The number of H-pyrrole nitrogens is 1. The Morgan fingerprint density at radius 3 is 2.68 bits per heavy atom. The molecule has 0 spiro atoms. The maximum atomic E-state index is 13.0. The number of amides is 1. The minimum Gasteiger partial charge on any atom is -0.493 e. The van der Waals surface area contributed by atoms with Crippen LogP contribution in [0.5, 0.6) is 11.5 Å². The van der Waals surface area contributed by atoms with Crippen LogP contribution in [0.3, 0.4) is 0 Å². The van der Waals surface area contributed by atoms with Crippen molar-refractivity contribution in [1.29, 1.82) is 0 Å². The summed E-state index contributed by atoms with van der Waals surface area (Å²) >= 11 is 1.42. The van der Waals surface area contributed by atoms with Crippen LogP contribution in [0.15, 0.2) is 58.5 Å². The lowest BCUT2D eigenvalue weighted by Crippen LogP contribution is -2.31. The van der Waals surface area contributed by atoms with Crippen molar-refractivity contribution in [2.45, 2.75) is 30.2 Å². The number of methoxy groups -OCH3 is 1. The zero-order valence-corrected chi connectivity index (χ0v) is 18.1. The number of nitrogens with one attached hydrogen (secondary N) is 2. The van der Waals surface area contributed by atoms with E-state index in [-0.39, 0.29) is 17.9 Å². The number of ether oxygens (including phenoxy) is 2. The number of fused-ring (bicyclic) bond motifs is 1. The standard InChI is InChI=1S/C23H23N3O4S/c1-3-30-18-11-15(9-10-17(18)29-2)16-12-19(27)24-21-20(16)22(28)26-23(25-21)31-13-14-7-5-4-6-8-14/h4-11,16H,3,12-13H2,1-2H3,(H2,24,25,26,27,28)/t16-/m1/s1. The van der Waals surface area contributed by atoms with Crippen LogP contribution in [0, 0.1) is 0 Å². The topological polar surface area (TPSA) is 93.3 Å². The summed E-state index contributed by atoms with van der Waals surface area (Å²) in [7, 11) is 1.57. The lowest BCUT2D eigenvalue weighted by Gasteiger charge is -2.25. The fourth-order valence-corrected chi connectivity index (χ4v) is 4.42. The first-order chi connectivity index (χ1) is 15.1. The van der Waals surface area contributed by atoms with Gasteiger partial charge in [-0.15, -0.1) is 0 Å². The molecule has 1 aliphatic rings. The maximum absolute atomic E-state index is 13.0. The second kappa shape index (κ2) is 9.26. The third-order valence-electron chi connectivity index (χ3n) is 5.04. The zero-order valence-electron chi connectivity index (χ0n) is 17.3. The van der Waals surface area contributed by atoms with Gasteiger partial charge in [-0.25, -0.2) is 4.98 Å². The Balaban J connectivity index is 1.67. The van der Waals surface area contributed by atoms with E-state index in [0.717, 1.165) is 11.1 Å². The molecule has 0 aliphatic carbocycles. The summed E-state index contributed by atoms with van der Waals surface area (Å²) in [5.41, 5.74) is 2.13. The van der Waals surface area contributed by atoms with Crippen LogP contribution in [0.4, 0.5) is 5.82 Å². The summed E-state index contributed by atoms with van der Waals surface area (Å²) in [4.78, 5) is 32.8. The van der Waals surface area contributed by atoms with Gasteiger partial charge >= 0.3 is 0 Å². The Kier molecular flexibility index (Phi) is 6.27. The number of benzene rings is 2. The number of carbonyl (C=O) groups is 1. The minimum atomic E-state index is -0.418. The molecule has 1 aliphatic heterocycles. The number of anilines is 1.